The fourth-order valence-corrected chi connectivity index (χ4v) is 3.45. The van der Waals surface area contributed by atoms with E-state index in [9.17, 15) is 9.59 Å². The third kappa shape index (κ3) is 3.27. The topological polar surface area (TPSA) is 71.1 Å². The van der Waals surface area contributed by atoms with Crippen molar-refractivity contribution in [3.8, 4) is 0 Å². The van der Waals surface area contributed by atoms with Crippen molar-refractivity contribution < 1.29 is 9.59 Å². The monoisotopic (exact) mass is 325 g/mol. The standard InChI is InChI=1S/C17H15N3O2S/c21-12-13-3-1-2-4-15(13)20-16(22)11-17(19-9-10-23-17)14-5-7-18-8-6-14/h1-10,12,19H,11H2,(H,20,22). The summed E-state index contributed by atoms with van der Waals surface area (Å²) >= 11 is 1.54. The van der Waals surface area contributed by atoms with Gasteiger partial charge >= 0.3 is 0 Å². The number of carbonyl (C=O) groups is 2. The summed E-state index contributed by atoms with van der Waals surface area (Å²) in [5.41, 5.74) is 1.96. The predicted octanol–water partition coefficient (Wildman–Crippen LogP) is 2.88. The number of benzene rings is 1. The molecule has 1 amide bonds. The number of pyridine rings is 1. The maximum atomic E-state index is 12.5. The Bertz CT molecular complexity index is 739. The zero-order chi connectivity index (χ0) is 16.1. The molecule has 1 atom stereocenters. The molecule has 0 aliphatic carbocycles. The summed E-state index contributed by atoms with van der Waals surface area (Å²) in [4.78, 5) is 27.0. The van der Waals surface area contributed by atoms with Crippen molar-refractivity contribution in [1.29, 1.82) is 0 Å². The van der Waals surface area contributed by atoms with Gasteiger partial charge in [-0.1, -0.05) is 23.9 Å². The Hall–Kier alpha value is -2.60. The van der Waals surface area contributed by atoms with E-state index in [0.29, 0.717) is 11.3 Å². The Labute approximate surface area is 138 Å². The van der Waals surface area contributed by atoms with E-state index in [-0.39, 0.29) is 12.3 Å². The second-order valence-corrected chi connectivity index (χ2v) is 6.26. The molecule has 6 heteroatoms. The number of nitrogens with zero attached hydrogens (tertiary/aromatic N) is 1. The first-order valence-corrected chi connectivity index (χ1v) is 7.96. The van der Waals surface area contributed by atoms with Crippen molar-refractivity contribution in [2.24, 2.45) is 0 Å². The van der Waals surface area contributed by atoms with Gasteiger partial charge in [0, 0.05) is 24.2 Å². The number of anilines is 1. The molecular formula is C17H15N3O2S. The van der Waals surface area contributed by atoms with Crippen LogP contribution >= 0.6 is 11.8 Å². The molecule has 1 aliphatic rings. The van der Waals surface area contributed by atoms with Crippen molar-refractivity contribution in [3.05, 3.63) is 71.5 Å². The smallest absolute Gasteiger partial charge is 0.228 e. The molecule has 0 saturated carbocycles. The van der Waals surface area contributed by atoms with Gasteiger partial charge in [-0.25, -0.2) is 0 Å². The highest BCUT2D eigenvalue weighted by molar-refractivity contribution is 8.03. The van der Waals surface area contributed by atoms with E-state index in [0.717, 1.165) is 11.8 Å². The van der Waals surface area contributed by atoms with Crippen LogP contribution in [0.25, 0.3) is 0 Å². The van der Waals surface area contributed by atoms with Gasteiger partial charge in [-0.15, -0.1) is 0 Å². The summed E-state index contributed by atoms with van der Waals surface area (Å²) in [7, 11) is 0. The summed E-state index contributed by atoms with van der Waals surface area (Å²) in [6, 6.07) is 10.7. The first-order valence-electron chi connectivity index (χ1n) is 7.09. The van der Waals surface area contributed by atoms with Crippen LogP contribution in [0, 0.1) is 0 Å². The average Bonchev–Trinajstić information content (AvgIpc) is 3.06. The van der Waals surface area contributed by atoms with Gasteiger partial charge in [0.1, 0.15) is 4.87 Å². The maximum Gasteiger partial charge on any atom is 0.228 e. The number of hydrogen-bond donors (Lipinski definition) is 2. The highest BCUT2D eigenvalue weighted by atomic mass is 32.2. The molecule has 0 spiro atoms. The lowest BCUT2D eigenvalue weighted by molar-refractivity contribution is -0.116. The average molecular weight is 325 g/mol. The first kappa shape index (κ1) is 15.3. The number of nitrogens with one attached hydrogen (secondary N) is 2. The number of rotatable bonds is 5. The molecular weight excluding hydrogens is 310 g/mol. The van der Waals surface area contributed by atoms with Crippen LogP contribution in [0.2, 0.25) is 0 Å². The van der Waals surface area contributed by atoms with Gasteiger partial charge in [0.2, 0.25) is 5.91 Å². The van der Waals surface area contributed by atoms with E-state index in [1.54, 1.807) is 48.4 Å². The summed E-state index contributed by atoms with van der Waals surface area (Å²) < 4.78 is 0. The number of para-hydroxylation sites is 1. The van der Waals surface area contributed by atoms with Crippen LogP contribution in [0.3, 0.4) is 0 Å². The van der Waals surface area contributed by atoms with E-state index in [2.05, 4.69) is 15.6 Å². The van der Waals surface area contributed by atoms with Crippen molar-refractivity contribution in [1.82, 2.24) is 10.3 Å². The number of carbonyl (C=O) groups excluding carboxylic acids is 2. The van der Waals surface area contributed by atoms with Crippen molar-refractivity contribution in [2.75, 3.05) is 5.32 Å². The Morgan fingerprint density at radius 2 is 2.04 bits per heavy atom. The molecule has 0 fully saturated rings. The molecule has 2 N–H and O–H groups in total. The van der Waals surface area contributed by atoms with Crippen molar-refractivity contribution in [3.63, 3.8) is 0 Å². The normalized spacial score (nSPS) is 19.1. The minimum Gasteiger partial charge on any atom is -0.372 e. The van der Waals surface area contributed by atoms with Gasteiger partial charge in [-0.05, 0) is 35.2 Å². The van der Waals surface area contributed by atoms with E-state index >= 15 is 0 Å². The van der Waals surface area contributed by atoms with Gasteiger partial charge in [-0.3, -0.25) is 14.6 Å². The highest BCUT2D eigenvalue weighted by Gasteiger charge is 2.36. The molecule has 2 aromatic rings. The first-order chi connectivity index (χ1) is 11.2. The second-order valence-electron chi connectivity index (χ2n) is 5.06. The summed E-state index contributed by atoms with van der Waals surface area (Å²) in [6.07, 6.45) is 6.20. The maximum absolute atomic E-state index is 12.5. The minimum atomic E-state index is -0.552. The van der Waals surface area contributed by atoms with Crippen LogP contribution in [0.5, 0.6) is 0 Å². The van der Waals surface area contributed by atoms with E-state index in [1.165, 1.54) is 0 Å². The van der Waals surface area contributed by atoms with Crippen LogP contribution < -0.4 is 10.6 Å². The molecule has 1 unspecified atom stereocenters. The van der Waals surface area contributed by atoms with Crippen molar-refractivity contribution in [2.45, 2.75) is 11.3 Å². The molecule has 0 saturated heterocycles. The molecule has 116 valence electrons. The quantitative estimate of drug-likeness (QED) is 0.827. The predicted molar refractivity (Wildman–Crippen MR) is 90.9 cm³/mol. The van der Waals surface area contributed by atoms with Crippen LogP contribution in [0.1, 0.15) is 22.3 Å². The number of aldehydes is 1. The fraction of sp³-hybridized carbons (Fsp3) is 0.118. The van der Waals surface area contributed by atoms with Gasteiger partial charge in [-0.2, -0.15) is 0 Å². The molecule has 1 aromatic heterocycles. The Kier molecular flexibility index (Phi) is 4.43. The Morgan fingerprint density at radius 3 is 2.74 bits per heavy atom. The molecule has 3 rings (SSSR count). The largest absolute Gasteiger partial charge is 0.372 e. The third-order valence-electron chi connectivity index (χ3n) is 3.57. The molecule has 2 heterocycles. The molecule has 1 aliphatic heterocycles. The van der Waals surface area contributed by atoms with E-state index in [4.69, 9.17) is 0 Å². The number of amides is 1. The third-order valence-corrected chi connectivity index (χ3v) is 4.74. The van der Waals surface area contributed by atoms with Crippen LogP contribution in [-0.4, -0.2) is 17.2 Å². The number of aromatic nitrogens is 1. The zero-order valence-corrected chi connectivity index (χ0v) is 13.0. The summed E-state index contributed by atoms with van der Waals surface area (Å²) in [5, 5.41) is 8.00. The van der Waals surface area contributed by atoms with E-state index < -0.39 is 4.87 Å². The Balaban J connectivity index is 1.79. The number of hydrogen-bond acceptors (Lipinski definition) is 5. The lowest BCUT2D eigenvalue weighted by atomic mass is 10.0. The van der Waals surface area contributed by atoms with Gasteiger partial charge < -0.3 is 10.6 Å². The molecule has 1 aromatic carbocycles. The second kappa shape index (κ2) is 6.66. The van der Waals surface area contributed by atoms with Crippen molar-refractivity contribution >= 4 is 29.6 Å². The van der Waals surface area contributed by atoms with Crippen LogP contribution in [0.4, 0.5) is 5.69 Å². The molecule has 23 heavy (non-hydrogen) atoms. The molecule has 5 nitrogen and oxygen atoms in total. The lowest BCUT2D eigenvalue weighted by Gasteiger charge is -2.29. The summed E-state index contributed by atoms with van der Waals surface area (Å²) in [6.45, 7) is 0. The molecule has 0 radical (unpaired) electrons. The van der Waals surface area contributed by atoms with E-state index in [1.807, 2.05) is 23.7 Å². The lowest BCUT2D eigenvalue weighted by Crippen LogP contribution is -2.37. The minimum absolute atomic E-state index is 0.167. The van der Waals surface area contributed by atoms with Crippen LogP contribution in [0.15, 0.2) is 60.4 Å². The van der Waals surface area contributed by atoms with Gasteiger partial charge in [0.15, 0.2) is 6.29 Å². The summed E-state index contributed by atoms with van der Waals surface area (Å²) in [5.74, 6) is -0.167. The van der Waals surface area contributed by atoms with Crippen LogP contribution in [-0.2, 0) is 9.67 Å². The fourth-order valence-electron chi connectivity index (χ4n) is 2.45. The number of thioether (sulfide) groups is 1. The molecule has 0 bridgehead atoms. The zero-order valence-electron chi connectivity index (χ0n) is 12.2. The van der Waals surface area contributed by atoms with Gasteiger partial charge in [0.25, 0.3) is 0 Å². The highest BCUT2D eigenvalue weighted by Crippen LogP contribution is 2.41. The SMILES string of the molecule is O=Cc1ccccc1NC(=O)CC1(c2ccncc2)NC=CS1. The Morgan fingerprint density at radius 1 is 1.26 bits per heavy atom. The van der Waals surface area contributed by atoms with Gasteiger partial charge in [0.05, 0.1) is 12.1 Å².